The molecule has 2 aromatic heterocycles. The lowest BCUT2D eigenvalue weighted by atomic mass is 10.1. The highest BCUT2D eigenvalue weighted by atomic mass is 16.5. The molecule has 4 rings (SSSR count). The summed E-state index contributed by atoms with van der Waals surface area (Å²) in [6.07, 6.45) is 1.28. The first kappa shape index (κ1) is 30.5. The molecular formula is C30H38N6O6. The van der Waals surface area contributed by atoms with E-state index in [2.05, 4.69) is 25.4 Å². The van der Waals surface area contributed by atoms with Crippen molar-refractivity contribution in [3.63, 3.8) is 0 Å². The summed E-state index contributed by atoms with van der Waals surface area (Å²) in [5.41, 5.74) is 2.18. The summed E-state index contributed by atoms with van der Waals surface area (Å²) < 4.78 is 23.1. The molecule has 12 nitrogen and oxygen atoms in total. The number of nitrogens with one attached hydrogen (secondary N) is 1. The Morgan fingerprint density at radius 3 is 2.55 bits per heavy atom. The summed E-state index contributed by atoms with van der Waals surface area (Å²) in [5.74, 6) is 2.13. The van der Waals surface area contributed by atoms with Crippen LogP contribution < -0.4 is 19.8 Å². The number of nitrogens with zero attached hydrogens (tertiary/aromatic N) is 5. The Morgan fingerprint density at radius 1 is 1.02 bits per heavy atom. The van der Waals surface area contributed by atoms with Gasteiger partial charge >= 0.3 is 5.97 Å². The summed E-state index contributed by atoms with van der Waals surface area (Å²) >= 11 is 0. The van der Waals surface area contributed by atoms with Crippen molar-refractivity contribution in [3.8, 4) is 17.2 Å². The molecule has 4 aromatic rings. The second kappa shape index (κ2) is 14.4. The van der Waals surface area contributed by atoms with E-state index in [1.54, 1.807) is 21.1 Å². The molecule has 42 heavy (non-hydrogen) atoms. The number of carbonyl (C=O) groups is 1. The summed E-state index contributed by atoms with van der Waals surface area (Å²) in [6.45, 7) is 7.30. The van der Waals surface area contributed by atoms with Gasteiger partial charge < -0.3 is 23.9 Å². The van der Waals surface area contributed by atoms with Crippen LogP contribution in [0.2, 0.25) is 0 Å². The van der Waals surface area contributed by atoms with Crippen LogP contribution in [0.1, 0.15) is 50.2 Å². The summed E-state index contributed by atoms with van der Waals surface area (Å²) in [4.78, 5) is 30.7. The number of hydrogen-bond donors (Lipinski definition) is 1. The molecule has 0 bridgehead atoms. The van der Waals surface area contributed by atoms with Crippen LogP contribution in [0, 0.1) is 0 Å². The Bertz CT molecular complexity index is 1550. The van der Waals surface area contributed by atoms with Crippen LogP contribution in [0.15, 0.2) is 47.3 Å². The van der Waals surface area contributed by atoms with Gasteiger partial charge in [0, 0.05) is 29.6 Å². The molecule has 0 aliphatic heterocycles. The SMILES string of the molecule is CCOC(=O)Cn1nnnc1[C@@H](CC)N(CCc1ccc(OC)c(OC)c1)Cc1cc2cc(OCC)ccc2[nH]c1=O. The van der Waals surface area contributed by atoms with Gasteiger partial charge in [0.1, 0.15) is 12.3 Å². The van der Waals surface area contributed by atoms with Crippen molar-refractivity contribution in [2.45, 2.75) is 52.7 Å². The van der Waals surface area contributed by atoms with Gasteiger partial charge in [0.2, 0.25) is 0 Å². The molecule has 224 valence electrons. The molecule has 0 saturated carbocycles. The zero-order valence-electron chi connectivity index (χ0n) is 24.8. The number of methoxy groups -OCH3 is 2. The third-order valence-corrected chi connectivity index (χ3v) is 6.98. The number of benzene rings is 2. The largest absolute Gasteiger partial charge is 0.494 e. The number of hydrogen-bond acceptors (Lipinski definition) is 10. The molecule has 0 aliphatic rings. The highest BCUT2D eigenvalue weighted by molar-refractivity contribution is 5.80. The van der Waals surface area contributed by atoms with E-state index in [4.69, 9.17) is 18.9 Å². The molecule has 0 radical (unpaired) electrons. The maximum atomic E-state index is 13.2. The van der Waals surface area contributed by atoms with Crippen LogP contribution in [0.3, 0.4) is 0 Å². The molecule has 12 heteroatoms. The van der Waals surface area contributed by atoms with Crippen molar-refractivity contribution in [1.82, 2.24) is 30.1 Å². The number of H-pyrrole nitrogens is 1. The summed E-state index contributed by atoms with van der Waals surface area (Å²) in [6, 6.07) is 13.0. The average molecular weight is 579 g/mol. The van der Waals surface area contributed by atoms with E-state index >= 15 is 0 Å². The second-order valence-corrected chi connectivity index (χ2v) is 9.64. The number of esters is 1. The van der Waals surface area contributed by atoms with Gasteiger partial charge in [-0.2, -0.15) is 0 Å². The van der Waals surface area contributed by atoms with Crippen LogP contribution in [0.5, 0.6) is 17.2 Å². The minimum atomic E-state index is -0.422. The third-order valence-electron chi connectivity index (χ3n) is 6.98. The van der Waals surface area contributed by atoms with E-state index in [-0.39, 0.29) is 24.8 Å². The number of fused-ring (bicyclic) bond motifs is 1. The highest BCUT2D eigenvalue weighted by Gasteiger charge is 2.27. The topological polar surface area (TPSA) is 134 Å². The predicted molar refractivity (Wildman–Crippen MR) is 157 cm³/mol. The summed E-state index contributed by atoms with van der Waals surface area (Å²) in [7, 11) is 3.21. The van der Waals surface area contributed by atoms with Gasteiger partial charge in [-0.3, -0.25) is 14.5 Å². The van der Waals surface area contributed by atoms with Crippen molar-refractivity contribution >= 4 is 16.9 Å². The predicted octanol–water partition coefficient (Wildman–Crippen LogP) is 3.69. The molecule has 0 unspecified atom stereocenters. The molecule has 0 saturated heterocycles. The maximum Gasteiger partial charge on any atom is 0.327 e. The Hall–Kier alpha value is -4.45. The molecule has 2 aromatic carbocycles. The van der Waals surface area contributed by atoms with Crippen LogP contribution in [0.25, 0.3) is 10.9 Å². The maximum absolute atomic E-state index is 13.2. The van der Waals surface area contributed by atoms with Crippen molar-refractivity contribution < 1.29 is 23.7 Å². The standard InChI is InChI=1S/C30H38N6O6/c1-6-25(29-32-33-34-36(29)19-28(37)42-8-3)35(14-13-20-9-12-26(39-4)27(15-20)40-5)18-22-16-21-17-23(41-7-2)10-11-24(21)31-30(22)38/h9-12,15-17,25H,6-8,13-14,18-19H2,1-5H3,(H,31,38)/t25-/m1/s1. The van der Waals surface area contributed by atoms with Gasteiger partial charge in [-0.1, -0.05) is 13.0 Å². The molecule has 0 fully saturated rings. The zero-order chi connectivity index (χ0) is 30.1. The fraction of sp³-hybridized carbons (Fsp3) is 0.433. The van der Waals surface area contributed by atoms with Gasteiger partial charge in [0.05, 0.1) is 33.5 Å². The fourth-order valence-corrected chi connectivity index (χ4v) is 4.97. The molecule has 1 N–H and O–H groups in total. The average Bonchev–Trinajstić information content (AvgIpc) is 3.44. The van der Waals surface area contributed by atoms with Crippen LogP contribution in [0.4, 0.5) is 0 Å². The Kier molecular flexibility index (Phi) is 10.5. The Labute approximate surface area is 244 Å². The van der Waals surface area contributed by atoms with Crippen molar-refractivity contribution in [1.29, 1.82) is 0 Å². The van der Waals surface area contributed by atoms with Gasteiger partial charge in [0.15, 0.2) is 17.3 Å². The number of pyridine rings is 1. The van der Waals surface area contributed by atoms with Crippen molar-refractivity contribution in [2.75, 3.05) is 34.0 Å². The first-order chi connectivity index (χ1) is 20.4. The minimum absolute atomic E-state index is 0.104. The van der Waals surface area contributed by atoms with Gasteiger partial charge in [-0.15, -0.1) is 5.10 Å². The van der Waals surface area contributed by atoms with Crippen molar-refractivity contribution in [3.05, 3.63) is 69.8 Å². The number of aromatic nitrogens is 5. The van der Waals surface area contributed by atoms with Crippen LogP contribution in [-0.4, -0.2) is 70.0 Å². The van der Waals surface area contributed by atoms with Gasteiger partial charge in [0.25, 0.3) is 5.56 Å². The van der Waals surface area contributed by atoms with E-state index < -0.39 is 5.97 Å². The molecule has 1 atom stereocenters. The smallest absolute Gasteiger partial charge is 0.327 e. The Morgan fingerprint density at radius 2 is 1.83 bits per heavy atom. The highest BCUT2D eigenvalue weighted by Crippen LogP contribution is 2.29. The van der Waals surface area contributed by atoms with Crippen LogP contribution in [-0.2, 0) is 29.0 Å². The lowest BCUT2D eigenvalue weighted by Crippen LogP contribution is -2.34. The van der Waals surface area contributed by atoms with E-state index in [9.17, 15) is 9.59 Å². The lowest BCUT2D eigenvalue weighted by molar-refractivity contribution is -0.144. The monoisotopic (exact) mass is 578 g/mol. The first-order valence-corrected chi connectivity index (χ1v) is 14.1. The van der Waals surface area contributed by atoms with E-state index in [0.717, 1.165) is 22.2 Å². The molecule has 2 heterocycles. The number of tetrazole rings is 1. The molecule has 0 aliphatic carbocycles. The van der Waals surface area contributed by atoms with Crippen LogP contribution >= 0.6 is 0 Å². The van der Waals surface area contributed by atoms with Gasteiger partial charge in [-0.25, -0.2) is 4.68 Å². The third kappa shape index (κ3) is 7.24. The zero-order valence-corrected chi connectivity index (χ0v) is 24.8. The quantitative estimate of drug-likeness (QED) is 0.208. The minimum Gasteiger partial charge on any atom is -0.494 e. The number of rotatable bonds is 15. The Balaban J connectivity index is 1.69. The lowest BCUT2D eigenvalue weighted by Gasteiger charge is -2.30. The number of carbonyl (C=O) groups excluding carboxylic acids is 1. The van der Waals surface area contributed by atoms with E-state index in [1.807, 2.05) is 56.3 Å². The van der Waals surface area contributed by atoms with Crippen molar-refractivity contribution in [2.24, 2.45) is 0 Å². The first-order valence-electron chi connectivity index (χ1n) is 14.1. The number of aromatic amines is 1. The summed E-state index contributed by atoms with van der Waals surface area (Å²) in [5, 5.41) is 13.1. The number of ether oxygens (including phenoxy) is 4. The fourth-order valence-electron chi connectivity index (χ4n) is 4.97. The van der Waals surface area contributed by atoms with E-state index in [0.29, 0.717) is 55.4 Å². The molecule has 0 spiro atoms. The molecule has 0 amide bonds. The normalized spacial score (nSPS) is 12.0. The van der Waals surface area contributed by atoms with E-state index in [1.165, 1.54) is 4.68 Å². The van der Waals surface area contributed by atoms with Gasteiger partial charge in [-0.05, 0) is 79.1 Å². The second-order valence-electron chi connectivity index (χ2n) is 9.64. The molecular weight excluding hydrogens is 540 g/mol.